The first kappa shape index (κ1) is 15.5. The van der Waals surface area contributed by atoms with Crippen LogP contribution in [0, 0.1) is 0 Å². The number of pyridine rings is 1. The highest BCUT2D eigenvalue weighted by molar-refractivity contribution is 7.99. The number of thioether (sulfide) groups is 1. The highest BCUT2D eigenvalue weighted by atomic mass is 32.2. The van der Waals surface area contributed by atoms with Gasteiger partial charge in [-0.25, -0.2) is 0 Å². The van der Waals surface area contributed by atoms with Crippen molar-refractivity contribution in [3.05, 3.63) is 66.0 Å². The van der Waals surface area contributed by atoms with Gasteiger partial charge in [0, 0.05) is 18.1 Å². The zero-order valence-electron chi connectivity index (χ0n) is 11.6. The molecule has 0 aliphatic heterocycles. The molecule has 1 amide bonds. The largest absolute Gasteiger partial charge is 0.394 e. The van der Waals surface area contributed by atoms with Crippen LogP contribution in [0.1, 0.15) is 17.2 Å². The Hall–Kier alpha value is -1.85. The number of hydrogen-bond donors (Lipinski definition) is 2. The molecule has 1 aromatic heterocycles. The molecule has 1 atom stereocenters. The molecule has 0 aliphatic carbocycles. The second-order valence-corrected chi connectivity index (χ2v) is 5.55. The minimum atomic E-state index is -0.347. The van der Waals surface area contributed by atoms with E-state index >= 15 is 0 Å². The standard InChI is InChI=1S/C16H18N2O2S/c19-10-15(14-4-2-1-3-5-14)18-16(20)12-21-11-13-6-8-17-9-7-13/h1-9,15,19H,10-12H2,(H,18,20). The Labute approximate surface area is 128 Å². The Morgan fingerprint density at radius 3 is 2.57 bits per heavy atom. The van der Waals surface area contributed by atoms with Crippen LogP contribution < -0.4 is 5.32 Å². The summed E-state index contributed by atoms with van der Waals surface area (Å²) in [5.74, 6) is 1.06. The number of benzene rings is 1. The van der Waals surface area contributed by atoms with Crippen LogP contribution in [0.5, 0.6) is 0 Å². The van der Waals surface area contributed by atoms with Gasteiger partial charge >= 0.3 is 0 Å². The number of aliphatic hydroxyl groups is 1. The van der Waals surface area contributed by atoms with Crippen molar-refractivity contribution in [2.75, 3.05) is 12.4 Å². The van der Waals surface area contributed by atoms with E-state index in [9.17, 15) is 9.90 Å². The lowest BCUT2D eigenvalue weighted by Crippen LogP contribution is -2.32. The molecule has 2 N–H and O–H groups in total. The van der Waals surface area contributed by atoms with Crippen LogP contribution in [0.25, 0.3) is 0 Å². The molecule has 110 valence electrons. The van der Waals surface area contributed by atoms with E-state index < -0.39 is 0 Å². The quantitative estimate of drug-likeness (QED) is 0.823. The van der Waals surface area contributed by atoms with Gasteiger partial charge in [0.1, 0.15) is 0 Å². The smallest absolute Gasteiger partial charge is 0.230 e. The third kappa shape index (κ3) is 5.21. The highest BCUT2D eigenvalue weighted by Gasteiger charge is 2.13. The van der Waals surface area contributed by atoms with E-state index in [4.69, 9.17) is 0 Å². The topological polar surface area (TPSA) is 62.2 Å². The van der Waals surface area contributed by atoms with E-state index in [1.165, 1.54) is 0 Å². The van der Waals surface area contributed by atoms with Crippen molar-refractivity contribution >= 4 is 17.7 Å². The van der Waals surface area contributed by atoms with Crippen molar-refractivity contribution in [1.29, 1.82) is 0 Å². The Morgan fingerprint density at radius 1 is 1.19 bits per heavy atom. The van der Waals surface area contributed by atoms with Crippen molar-refractivity contribution in [2.45, 2.75) is 11.8 Å². The van der Waals surface area contributed by atoms with Crippen LogP contribution in [0.2, 0.25) is 0 Å². The number of aromatic nitrogens is 1. The lowest BCUT2D eigenvalue weighted by molar-refractivity contribution is -0.119. The number of carbonyl (C=O) groups is 1. The van der Waals surface area contributed by atoms with Gasteiger partial charge in [-0.05, 0) is 23.3 Å². The van der Waals surface area contributed by atoms with E-state index in [1.807, 2.05) is 42.5 Å². The molecule has 1 aromatic carbocycles. The lowest BCUT2D eigenvalue weighted by atomic mass is 10.1. The summed E-state index contributed by atoms with van der Waals surface area (Å²) in [5, 5.41) is 12.3. The van der Waals surface area contributed by atoms with Crippen molar-refractivity contribution in [3.63, 3.8) is 0 Å². The molecular formula is C16H18N2O2S. The van der Waals surface area contributed by atoms with Gasteiger partial charge in [0.15, 0.2) is 0 Å². The first-order chi connectivity index (χ1) is 10.3. The van der Waals surface area contributed by atoms with E-state index in [2.05, 4.69) is 10.3 Å². The average molecular weight is 302 g/mol. The molecule has 0 saturated heterocycles. The van der Waals surface area contributed by atoms with Crippen molar-refractivity contribution in [1.82, 2.24) is 10.3 Å². The Kier molecular flexibility index (Phi) is 6.24. The molecule has 0 fully saturated rings. The van der Waals surface area contributed by atoms with Gasteiger partial charge in [0.05, 0.1) is 18.4 Å². The van der Waals surface area contributed by atoms with Gasteiger partial charge in [-0.2, -0.15) is 0 Å². The molecule has 4 nitrogen and oxygen atoms in total. The predicted molar refractivity (Wildman–Crippen MR) is 84.8 cm³/mol. The maximum Gasteiger partial charge on any atom is 0.230 e. The summed E-state index contributed by atoms with van der Waals surface area (Å²) in [6, 6.07) is 13.0. The SMILES string of the molecule is O=C(CSCc1ccncc1)NC(CO)c1ccccc1. The van der Waals surface area contributed by atoms with E-state index in [1.54, 1.807) is 24.2 Å². The Balaban J connectivity index is 1.78. The summed E-state index contributed by atoms with van der Waals surface area (Å²) < 4.78 is 0. The van der Waals surface area contributed by atoms with Crippen LogP contribution in [0.4, 0.5) is 0 Å². The van der Waals surface area contributed by atoms with E-state index in [0.29, 0.717) is 5.75 Å². The van der Waals surface area contributed by atoms with E-state index in [-0.39, 0.29) is 18.6 Å². The molecule has 1 unspecified atom stereocenters. The number of carbonyl (C=O) groups excluding carboxylic acids is 1. The maximum atomic E-state index is 11.9. The fourth-order valence-corrected chi connectivity index (χ4v) is 2.70. The molecule has 5 heteroatoms. The summed E-state index contributed by atoms with van der Waals surface area (Å²) >= 11 is 1.54. The minimum absolute atomic E-state index is 0.0723. The number of amides is 1. The number of hydrogen-bond acceptors (Lipinski definition) is 4. The van der Waals surface area contributed by atoms with Crippen molar-refractivity contribution in [2.24, 2.45) is 0 Å². The predicted octanol–water partition coefficient (Wildman–Crippen LogP) is 2.16. The van der Waals surface area contributed by atoms with Gasteiger partial charge in [-0.3, -0.25) is 9.78 Å². The summed E-state index contributed by atoms with van der Waals surface area (Å²) in [6.45, 7) is -0.106. The van der Waals surface area contributed by atoms with Crippen molar-refractivity contribution in [3.8, 4) is 0 Å². The van der Waals surface area contributed by atoms with Crippen LogP contribution >= 0.6 is 11.8 Å². The van der Waals surface area contributed by atoms with Crippen LogP contribution in [0.3, 0.4) is 0 Å². The molecule has 0 spiro atoms. The number of nitrogens with zero attached hydrogens (tertiary/aromatic N) is 1. The fraction of sp³-hybridized carbons (Fsp3) is 0.250. The minimum Gasteiger partial charge on any atom is -0.394 e. The summed E-state index contributed by atoms with van der Waals surface area (Å²) in [5.41, 5.74) is 2.05. The Morgan fingerprint density at radius 2 is 1.90 bits per heavy atom. The lowest BCUT2D eigenvalue weighted by Gasteiger charge is -2.16. The molecular weight excluding hydrogens is 284 g/mol. The van der Waals surface area contributed by atoms with E-state index in [0.717, 1.165) is 16.9 Å². The number of aliphatic hydroxyl groups excluding tert-OH is 1. The summed E-state index contributed by atoms with van der Waals surface area (Å²) in [7, 11) is 0. The molecule has 0 saturated carbocycles. The molecule has 2 rings (SSSR count). The monoisotopic (exact) mass is 302 g/mol. The first-order valence-corrected chi connectivity index (χ1v) is 7.87. The zero-order chi connectivity index (χ0) is 14.9. The second kappa shape index (κ2) is 8.44. The fourth-order valence-electron chi connectivity index (χ4n) is 1.90. The average Bonchev–Trinajstić information content (AvgIpc) is 2.54. The third-order valence-corrected chi connectivity index (χ3v) is 3.97. The normalized spacial score (nSPS) is 11.9. The van der Waals surface area contributed by atoms with Gasteiger partial charge < -0.3 is 10.4 Å². The van der Waals surface area contributed by atoms with Crippen molar-refractivity contribution < 1.29 is 9.90 Å². The molecule has 0 aliphatic rings. The highest BCUT2D eigenvalue weighted by Crippen LogP contribution is 2.14. The van der Waals surface area contributed by atoms with Gasteiger partial charge in [0.2, 0.25) is 5.91 Å². The number of nitrogens with one attached hydrogen (secondary N) is 1. The summed E-state index contributed by atoms with van der Waals surface area (Å²) in [4.78, 5) is 15.9. The number of rotatable bonds is 7. The Bertz CT molecular complexity index is 549. The van der Waals surface area contributed by atoms with Crippen LogP contribution in [-0.4, -0.2) is 28.4 Å². The molecule has 0 bridgehead atoms. The maximum absolute atomic E-state index is 11.9. The molecule has 21 heavy (non-hydrogen) atoms. The second-order valence-electron chi connectivity index (χ2n) is 4.56. The van der Waals surface area contributed by atoms with Gasteiger partial charge in [0.25, 0.3) is 0 Å². The van der Waals surface area contributed by atoms with Gasteiger partial charge in [-0.1, -0.05) is 30.3 Å². The zero-order valence-corrected chi connectivity index (χ0v) is 12.4. The summed E-state index contributed by atoms with van der Waals surface area (Å²) in [6.07, 6.45) is 3.49. The molecule has 2 aromatic rings. The van der Waals surface area contributed by atoms with Crippen LogP contribution in [0.15, 0.2) is 54.9 Å². The first-order valence-electron chi connectivity index (χ1n) is 6.71. The molecule has 1 heterocycles. The van der Waals surface area contributed by atoms with Crippen LogP contribution in [-0.2, 0) is 10.5 Å². The van der Waals surface area contributed by atoms with Gasteiger partial charge in [-0.15, -0.1) is 11.8 Å². The third-order valence-electron chi connectivity index (χ3n) is 2.97. The molecule has 0 radical (unpaired) electrons.